The largest absolute Gasteiger partial charge is 0.339 e. The highest BCUT2D eigenvalue weighted by Crippen LogP contribution is 2.34. The number of hydrogen-bond donors (Lipinski definition) is 0. The molecule has 1 amide bonds. The quantitative estimate of drug-likeness (QED) is 0.772. The Bertz CT molecular complexity index is 718. The average Bonchev–Trinajstić information content (AvgIpc) is 2.52. The Kier molecular flexibility index (Phi) is 4.95. The van der Waals surface area contributed by atoms with Gasteiger partial charge >= 0.3 is 0 Å². The van der Waals surface area contributed by atoms with Gasteiger partial charge in [-0.15, -0.1) is 0 Å². The Balaban J connectivity index is 1.80. The van der Waals surface area contributed by atoms with Crippen LogP contribution in [0, 0.1) is 5.92 Å². The van der Waals surface area contributed by atoms with Crippen LogP contribution in [0.1, 0.15) is 45.6 Å². The second-order valence-electron chi connectivity index (χ2n) is 8.24. The lowest BCUT2D eigenvalue weighted by atomic mass is 9.78. The minimum Gasteiger partial charge on any atom is -0.339 e. The van der Waals surface area contributed by atoms with Crippen molar-refractivity contribution in [3.63, 3.8) is 0 Å². The van der Waals surface area contributed by atoms with Crippen molar-refractivity contribution in [2.75, 3.05) is 19.6 Å². The SMILES string of the molecule is CC(C)(C)c1ccc(S(=O)(=O)N2CCN(C=O)[C@H](C3CCC3)C2)cc1. The number of carbonyl (C=O) groups is 1. The maximum atomic E-state index is 13.0. The third-order valence-electron chi connectivity index (χ3n) is 5.61. The van der Waals surface area contributed by atoms with Crippen molar-refractivity contribution in [2.24, 2.45) is 5.92 Å². The van der Waals surface area contributed by atoms with Crippen LogP contribution in [0.2, 0.25) is 0 Å². The molecule has 1 saturated heterocycles. The zero-order chi connectivity index (χ0) is 18.2. The molecular formula is C19H28N2O3S. The summed E-state index contributed by atoms with van der Waals surface area (Å²) in [6.45, 7) is 7.58. The Morgan fingerprint density at radius 1 is 1.08 bits per heavy atom. The van der Waals surface area contributed by atoms with Crippen molar-refractivity contribution in [1.82, 2.24) is 9.21 Å². The molecule has 1 aliphatic heterocycles. The smallest absolute Gasteiger partial charge is 0.243 e. The summed E-state index contributed by atoms with van der Waals surface area (Å²) in [7, 11) is -3.52. The fourth-order valence-electron chi connectivity index (χ4n) is 3.67. The van der Waals surface area contributed by atoms with Gasteiger partial charge in [0.05, 0.1) is 4.90 Å². The van der Waals surface area contributed by atoms with E-state index in [9.17, 15) is 13.2 Å². The lowest BCUT2D eigenvalue weighted by molar-refractivity contribution is -0.124. The number of amides is 1. The van der Waals surface area contributed by atoms with E-state index in [2.05, 4.69) is 20.8 Å². The maximum absolute atomic E-state index is 13.0. The Hall–Kier alpha value is -1.40. The van der Waals surface area contributed by atoms with E-state index in [1.165, 1.54) is 6.42 Å². The molecule has 2 fully saturated rings. The Morgan fingerprint density at radius 2 is 1.72 bits per heavy atom. The average molecular weight is 365 g/mol. The molecule has 1 aliphatic carbocycles. The van der Waals surface area contributed by atoms with E-state index in [4.69, 9.17) is 0 Å². The Morgan fingerprint density at radius 3 is 2.20 bits per heavy atom. The van der Waals surface area contributed by atoms with Crippen molar-refractivity contribution < 1.29 is 13.2 Å². The summed E-state index contributed by atoms with van der Waals surface area (Å²) >= 11 is 0. The maximum Gasteiger partial charge on any atom is 0.243 e. The van der Waals surface area contributed by atoms with Crippen molar-refractivity contribution >= 4 is 16.4 Å². The standard InChI is InChI=1S/C19H28N2O3S/c1-19(2,3)16-7-9-17(10-8-16)25(23,24)21-12-11-20(14-22)18(13-21)15-5-4-6-15/h7-10,14-15,18H,4-6,11-13H2,1-3H3/t18-/m0/s1. The molecule has 1 aromatic rings. The number of benzene rings is 1. The molecule has 0 radical (unpaired) electrons. The summed E-state index contributed by atoms with van der Waals surface area (Å²) in [5, 5.41) is 0. The van der Waals surface area contributed by atoms with E-state index in [-0.39, 0.29) is 11.5 Å². The van der Waals surface area contributed by atoms with Gasteiger partial charge in [0.2, 0.25) is 16.4 Å². The third-order valence-corrected chi connectivity index (χ3v) is 7.49. The van der Waals surface area contributed by atoms with Gasteiger partial charge in [0.15, 0.2) is 0 Å². The number of carbonyl (C=O) groups excluding carboxylic acids is 1. The summed E-state index contributed by atoms with van der Waals surface area (Å²) < 4.78 is 27.6. The fourth-order valence-corrected chi connectivity index (χ4v) is 5.12. The Labute approximate surface area is 151 Å². The second kappa shape index (κ2) is 6.72. The molecular weight excluding hydrogens is 336 g/mol. The minimum atomic E-state index is -3.52. The third kappa shape index (κ3) is 3.60. The summed E-state index contributed by atoms with van der Waals surface area (Å²) in [6, 6.07) is 7.24. The molecule has 0 unspecified atom stereocenters. The molecule has 25 heavy (non-hydrogen) atoms. The van der Waals surface area contributed by atoms with Gasteiger partial charge in [0.25, 0.3) is 0 Å². The molecule has 1 aromatic carbocycles. The van der Waals surface area contributed by atoms with E-state index in [0.29, 0.717) is 30.4 Å². The van der Waals surface area contributed by atoms with Crippen LogP contribution in [0.3, 0.4) is 0 Å². The first-order valence-corrected chi connectivity index (χ1v) is 10.5. The predicted octanol–water partition coefficient (Wildman–Crippen LogP) is 2.62. The van der Waals surface area contributed by atoms with E-state index in [1.54, 1.807) is 21.3 Å². The minimum absolute atomic E-state index is 0.00675. The van der Waals surface area contributed by atoms with Crippen LogP contribution in [0.4, 0.5) is 0 Å². The molecule has 2 aliphatic rings. The van der Waals surface area contributed by atoms with Gasteiger partial charge in [0.1, 0.15) is 0 Å². The van der Waals surface area contributed by atoms with Gasteiger partial charge in [-0.05, 0) is 41.9 Å². The number of sulfonamides is 1. The van der Waals surface area contributed by atoms with Crippen molar-refractivity contribution in [2.45, 2.75) is 56.4 Å². The van der Waals surface area contributed by atoms with Crippen LogP contribution < -0.4 is 0 Å². The molecule has 0 N–H and O–H groups in total. The molecule has 6 heteroatoms. The molecule has 138 valence electrons. The zero-order valence-electron chi connectivity index (χ0n) is 15.3. The fraction of sp³-hybridized carbons (Fsp3) is 0.632. The van der Waals surface area contributed by atoms with Gasteiger partial charge in [-0.2, -0.15) is 4.31 Å². The molecule has 0 aromatic heterocycles. The first-order valence-electron chi connectivity index (χ1n) is 9.05. The number of piperazine rings is 1. The van der Waals surface area contributed by atoms with Crippen molar-refractivity contribution in [3.05, 3.63) is 29.8 Å². The highest BCUT2D eigenvalue weighted by molar-refractivity contribution is 7.89. The summed E-state index contributed by atoms with van der Waals surface area (Å²) in [5.41, 5.74) is 1.11. The van der Waals surface area contributed by atoms with E-state index in [0.717, 1.165) is 24.8 Å². The summed E-state index contributed by atoms with van der Waals surface area (Å²) in [6.07, 6.45) is 4.23. The number of rotatable bonds is 4. The zero-order valence-corrected chi connectivity index (χ0v) is 16.1. The first-order chi connectivity index (χ1) is 11.7. The number of hydrogen-bond acceptors (Lipinski definition) is 3. The molecule has 1 atom stereocenters. The molecule has 0 spiro atoms. The van der Waals surface area contributed by atoms with Crippen LogP contribution in [0.5, 0.6) is 0 Å². The lowest BCUT2D eigenvalue weighted by Gasteiger charge is -2.45. The van der Waals surface area contributed by atoms with Crippen LogP contribution in [0.15, 0.2) is 29.2 Å². The van der Waals surface area contributed by atoms with Crippen LogP contribution in [-0.4, -0.2) is 49.7 Å². The van der Waals surface area contributed by atoms with Crippen LogP contribution in [0.25, 0.3) is 0 Å². The van der Waals surface area contributed by atoms with Gasteiger partial charge in [0, 0.05) is 25.7 Å². The van der Waals surface area contributed by atoms with Gasteiger partial charge < -0.3 is 4.90 Å². The molecule has 3 rings (SSSR count). The molecule has 1 heterocycles. The second-order valence-corrected chi connectivity index (χ2v) is 10.2. The molecule has 5 nitrogen and oxygen atoms in total. The van der Waals surface area contributed by atoms with Crippen molar-refractivity contribution in [3.8, 4) is 0 Å². The summed E-state index contributed by atoms with van der Waals surface area (Å²) in [5.74, 6) is 0.437. The van der Waals surface area contributed by atoms with Gasteiger partial charge in [-0.25, -0.2) is 8.42 Å². The number of nitrogens with zero attached hydrogens (tertiary/aromatic N) is 2. The molecule has 1 saturated carbocycles. The van der Waals surface area contributed by atoms with E-state index >= 15 is 0 Å². The van der Waals surface area contributed by atoms with E-state index in [1.807, 2.05) is 12.1 Å². The monoisotopic (exact) mass is 364 g/mol. The molecule has 0 bridgehead atoms. The van der Waals surface area contributed by atoms with Gasteiger partial charge in [-0.1, -0.05) is 39.3 Å². The highest BCUT2D eigenvalue weighted by Gasteiger charge is 2.39. The van der Waals surface area contributed by atoms with Crippen molar-refractivity contribution in [1.29, 1.82) is 0 Å². The predicted molar refractivity (Wildman–Crippen MR) is 97.8 cm³/mol. The summed E-state index contributed by atoms with van der Waals surface area (Å²) in [4.78, 5) is 13.5. The first kappa shape index (κ1) is 18.4. The normalized spacial score (nSPS) is 23.3. The van der Waals surface area contributed by atoms with E-state index < -0.39 is 10.0 Å². The lowest BCUT2D eigenvalue weighted by Crippen LogP contribution is -2.57. The van der Waals surface area contributed by atoms with Crippen LogP contribution >= 0.6 is 0 Å². The van der Waals surface area contributed by atoms with Crippen LogP contribution in [-0.2, 0) is 20.2 Å². The highest BCUT2D eigenvalue weighted by atomic mass is 32.2. The van der Waals surface area contributed by atoms with Gasteiger partial charge in [-0.3, -0.25) is 4.79 Å². The topological polar surface area (TPSA) is 57.7 Å².